The van der Waals surface area contributed by atoms with Crippen LogP contribution in [-0.2, 0) is 31.2 Å². The molecule has 2 fully saturated rings. The smallest absolute Gasteiger partial charge is 0.330 e. The van der Waals surface area contributed by atoms with Gasteiger partial charge < -0.3 is 24.0 Å². The zero-order valence-corrected chi connectivity index (χ0v) is 31.1. The Morgan fingerprint density at radius 1 is 1.14 bits per heavy atom. The first-order chi connectivity index (χ1) is 23.9. The number of halogens is 1. The number of allylic oxidation sites excluding steroid dienone is 1. The molecule has 0 aromatic heterocycles. The number of carbonyl (C=O) groups is 2. The average molecular weight is 725 g/mol. The molecule has 1 N–H and O–H groups in total. The Kier molecular flexibility index (Phi) is 9.73. The molecule has 6 atom stereocenters. The van der Waals surface area contributed by atoms with Gasteiger partial charge in [-0.15, -0.1) is 4.36 Å². The second-order valence-corrected chi connectivity index (χ2v) is 17.8. The Labute approximate surface area is 301 Å². The Morgan fingerprint density at radius 3 is 2.70 bits per heavy atom. The molecule has 2 bridgehead atoms. The van der Waals surface area contributed by atoms with Crippen LogP contribution < -0.4 is 14.4 Å². The number of ether oxygens (including phenoxy) is 3. The quantitative estimate of drug-likeness (QED) is 0.365. The highest BCUT2D eigenvalue weighted by Crippen LogP contribution is 2.47. The van der Waals surface area contributed by atoms with E-state index in [2.05, 4.69) is 38.3 Å². The lowest BCUT2D eigenvalue weighted by Crippen LogP contribution is -2.65. The summed E-state index contributed by atoms with van der Waals surface area (Å²) in [5, 5.41) is 0.743. The number of rotatable bonds is 3. The number of nitrogens with zero attached hydrogens (tertiary/aromatic N) is 3. The summed E-state index contributed by atoms with van der Waals surface area (Å²) in [5.74, 6) is 0.722. The van der Waals surface area contributed by atoms with Crippen molar-refractivity contribution in [2.24, 2.45) is 22.1 Å². The summed E-state index contributed by atoms with van der Waals surface area (Å²) in [6, 6.07) is 11.1. The number of carbonyl (C=O) groups excluding carboxylic acids is 2. The van der Waals surface area contributed by atoms with Crippen molar-refractivity contribution < 1.29 is 28.0 Å². The molecule has 5 aliphatic rings. The SMILES string of the molecule is CO[C@H]1/C=C/C[C@H](C)CS(=O)(NC(=O)N2CC(C)(OC)C2)=NC(=O)c2ccc3c(c2)N(CC2CC[C@H]21)C[C@@]1(CCCc2cc(Cl)ccc21)CO3. The fraction of sp³-hybridized carbons (Fsp3) is 0.579. The van der Waals surface area contributed by atoms with Crippen molar-refractivity contribution in [2.45, 2.75) is 69.5 Å². The number of amides is 3. The van der Waals surface area contributed by atoms with Crippen molar-refractivity contribution in [3.05, 3.63) is 70.3 Å². The van der Waals surface area contributed by atoms with Gasteiger partial charge in [-0.25, -0.2) is 9.00 Å². The molecule has 0 radical (unpaired) electrons. The molecule has 2 aliphatic carbocycles. The summed E-state index contributed by atoms with van der Waals surface area (Å²) in [4.78, 5) is 31.2. The Bertz CT molecular complexity index is 1800. The van der Waals surface area contributed by atoms with E-state index in [4.69, 9.17) is 25.8 Å². The maximum Gasteiger partial charge on any atom is 0.330 e. The fourth-order valence-corrected chi connectivity index (χ4v) is 10.7. The van der Waals surface area contributed by atoms with E-state index in [0.29, 0.717) is 49.3 Å². The predicted molar refractivity (Wildman–Crippen MR) is 195 cm³/mol. The monoisotopic (exact) mass is 724 g/mol. The van der Waals surface area contributed by atoms with E-state index in [1.165, 1.54) is 16.0 Å². The van der Waals surface area contributed by atoms with Gasteiger partial charge in [0.05, 0.1) is 37.2 Å². The van der Waals surface area contributed by atoms with Crippen LogP contribution in [0.3, 0.4) is 0 Å². The van der Waals surface area contributed by atoms with Gasteiger partial charge in [-0.05, 0) is 105 Å². The molecule has 50 heavy (non-hydrogen) atoms. The highest BCUT2D eigenvalue weighted by molar-refractivity contribution is 7.92. The van der Waals surface area contributed by atoms with Gasteiger partial charge >= 0.3 is 6.03 Å². The van der Waals surface area contributed by atoms with E-state index in [1.807, 2.05) is 32.0 Å². The zero-order valence-electron chi connectivity index (χ0n) is 29.5. The number of likely N-dealkylation sites (tertiary alicyclic amines) is 1. The number of fused-ring (bicyclic) bond motifs is 4. The first-order valence-corrected chi connectivity index (χ1v) is 19.9. The van der Waals surface area contributed by atoms with E-state index < -0.39 is 27.5 Å². The lowest BCUT2D eigenvalue weighted by Gasteiger charge is -2.46. The summed E-state index contributed by atoms with van der Waals surface area (Å²) in [7, 11) is -0.110. The van der Waals surface area contributed by atoms with Crippen molar-refractivity contribution in [2.75, 3.05) is 57.7 Å². The summed E-state index contributed by atoms with van der Waals surface area (Å²) in [5.41, 5.74) is 2.98. The summed E-state index contributed by atoms with van der Waals surface area (Å²) in [6.45, 7) is 6.61. The maximum absolute atomic E-state index is 14.5. The molecule has 2 aromatic rings. The van der Waals surface area contributed by atoms with Crippen molar-refractivity contribution in [1.29, 1.82) is 0 Å². The largest absolute Gasteiger partial charge is 0.490 e. The molecule has 270 valence electrons. The van der Waals surface area contributed by atoms with Crippen LogP contribution in [0.5, 0.6) is 5.75 Å². The number of urea groups is 1. The predicted octanol–water partition coefficient (Wildman–Crippen LogP) is 6.40. The average Bonchev–Trinajstić information content (AvgIpc) is 3.20. The molecule has 1 spiro atoms. The zero-order chi connectivity index (χ0) is 35.3. The van der Waals surface area contributed by atoms with Gasteiger partial charge in [0, 0.05) is 43.3 Å². The van der Waals surface area contributed by atoms with Gasteiger partial charge in [-0.1, -0.05) is 36.7 Å². The normalized spacial score (nSPS) is 32.6. The van der Waals surface area contributed by atoms with Crippen molar-refractivity contribution in [1.82, 2.24) is 9.62 Å². The van der Waals surface area contributed by atoms with Gasteiger partial charge in [0.25, 0.3) is 5.91 Å². The molecule has 3 aliphatic heterocycles. The van der Waals surface area contributed by atoms with Crippen LogP contribution in [0.15, 0.2) is 52.9 Å². The lowest BCUT2D eigenvalue weighted by atomic mass is 9.68. The molecular weight excluding hydrogens is 676 g/mol. The second kappa shape index (κ2) is 13.8. The van der Waals surface area contributed by atoms with Crippen LogP contribution in [0.1, 0.15) is 67.4 Å². The van der Waals surface area contributed by atoms with Gasteiger partial charge in [0.2, 0.25) is 0 Å². The minimum atomic E-state index is -3.48. The van der Waals surface area contributed by atoms with Gasteiger partial charge in [-0.2, -0.15) is 0 Å². The van der Waals surface area contributed by atoms with Crippen molar-refractivity contribution >= 4 is 39.1 Å². The number of hydrogen-bond donors (Lipinski definition) is 1. The Morgan fingerprint density at radius 2 is 1.96 bits per heavy atom. The van der Waals surface area contributed by atoms with E-state index in [1.54, 1.807) is 20.3 Å². The second-order valence-electron chi connectivity index (χ2n) is 15.4. The molecular formula is C38H49ClN4O6S. The number of benzene rings is 2. The number of hydrogen-bond acceptors (Lipinski definition) is 7. The van der Waals surface area contributed by atoms with Gasteiger partial charge in [0.15, 0.2) is 0 Å². The third-order valence-electron chi connectivity index (χ3n) is 11.6. The number of anilines is 1. The Balaban J connectivity index is 1.27. The topological polar surface area (TPSA) is 110 Å². The van der Waals surface area contributed by atoms with Crippen molar-refractivity contribution in [3.63, 3.8) is 0 Å². The van der Waals surface area contributed by atoms with Gasteiger partial charge in [0.1, 0.15) is 21.3 Å². The first-order valence-electron chi connectivity index (χ1n) is 17.8. The van der Waals surface area contributed by atoms with Gasteiger partial charge in [-0.3, -0.25) is 9.52 Å². The highest BCUT2D eigenvalue weighted by atomic mass is 35.5. The van der Waals surface area contributed by atoms with E-state index >= 15 is 0 Å². The van der Waals surface area contributed by atoms with Crippen LogP contribution >= 0.6 is 11.6 Å². The number of aryl methyl sites for hydroxylation is 1. The van der Waals surface area contributed by atoms with Crippen LogP contribution in [0.4, 0.5) is 10.5 Å². The van der Waals surface area contributed by atoms with Crippen LogP contribution in [-0.4, -0.2) is 85.5 Å². The summed E-state index contributed by atoms with van der Waals surface area (Å²) < 4.78 is 39.6. The first kappa shape index (κ1) is 35.3. The van der Waals surface area contributed by atoms with E-state index in [9.17, 15) is 13.8 Å². The summed E-state index contributed by atoms with van der Waals surface area (Å²) >= 11 is 6.45. The van der Waals surface area contributed by atoms with E-state index in [0.717, 1.165) is 55.9 Å². The minimum absolute atomic E-state index is 0.0278. The lowest BCUT2D eigenvalue weighted by molar-refractivity contribution is -0.0902. The molecule has 12 heteroatoms. The maximum atomic E-state index is 14.5. The van der Waals surface area contributed by atoms with Crippen LogP contribution in [0.2, 0.25) is 5.02 Å². The number of nitrogens with one attached hydrogen (secondary N) is 1. The minimum Gasteiger partial charge on any atom is -0.490 e. The molecule has 10 nitrogen and oxygen atoms in total. The van der Waals surface area contributed by atoms with Crippen molar-refractivity contribution in [3.8, 4) is 5.75 Å². The molecule has 7 rings (SSSR count). The van der Waals surface area contributed by atoms with Crippen LogP contribution in [0.25, 0.3) is 0 Å². The van der Waals surface area contributed by atoms with Crippen LogP contribution in [0, 0.1) is 17.8 Å². The fourth-order valence-electron chi connectivity index (χ4n) is 8.60. The Hall–Kier alpha value is -3.12. The third-order valence-corrected chi connectivity index (χ3v) is 13.8. The molecule has 1 saturated carbocycles. The molecule has 3 amide bonds. The molecule has 2 unspecified atom stereocenters. The third kappa shape index (κ3) is 6.90. The summed E-state index contributed by atoms with van der Waals surface area (Å²) in [6.07, 6.45) is 9.93. The molecule has 2 aromatic carbocycles. The standard InChI is InChI=1S/C38H49ClN4O6S/c1-25-7-5-9-33(47-3)30-13-10-28(30)19-42-23-38(16-6-8-26-17-29(39)12-14-31(26)38)24-49-34-15-11-27(18-32(34)42)35(44)40-50(46,20-25)41-36(45)43-21-37(2,22-43)48-4/h5,9,11-12,14-15,17-18,25,28,30,33H,6-8,10,13,16,19-24H2,1-4H3,(H,40,41,44,45,46)/b9-5+/t25-,28?,30+,33-,38-,50?/m0/s1. The highest BCUT2D eigenvalue weighted by Gasteiger charge is 2.45. The number of methoxy groups -OCH3 is 2. The van der Waals surface area contributed by atoms with E-state index in [-0.39, 0.29) is 23.2 Å². The molecule has 3 heterocycles. The molecule has 1 saturated heterocycles.